The molecule has 0 aromatic heterocycles. The monoisotopic (exact) mass is 210 g/mol. The van der Waals surface area contributed by atoms with Crippen molar-refractivity contribution in [2.45, 2.75) is 0 Å². The van der Waals surface area contributed by atoms with Gasteiger partial charge in [0, 0.05) is 6.07 Å². The summed E-state index contributed by atoms with van der Waals surface area (Å²) >= 11 is 0. The van der Waals surface area contributed by atoms with Crippen LogP contribution in [0.1, 0.15) is 20.7 Å². The molecule has 0 atom stereocenters. The lowest BCUT2D eigenvalue weighted by atomic mass is 10.1. The van der Waals surface area contributed by atoms with Gasteiger partial charge in [-0.3, -0.25) is 4.79 Å². The smallest absolute Gasteiger partial charge is 0.341 e. The van der Waals surface area contributed by atoms with Crippen LogP contribution in [0, 0.1) is 0 Å². The van der Waals surface area contributed by atoms with E-state index in [1.165, 1.54) is 26.4 Å². The number of ether oxygens (including phenoxy) is 2. The van der Waals surface area contributed by atoms with Crippen molar-refractivity contribution in [1.29, 1.82) is 0 Å². The number of hydrogen-bond donors (Lipinski definition) is 1. The maximum atomic E-state index is 11.2. The number of aldehydes is 1. The van der Waals surface area contributed by atoms with Crippen molar-refractivity contribution in [3.05, 3.63) is 23.3 Å². The summed E-state index contributed by atoms with van der Waals surface area (Å²) in [6, 6.07) is 2.41. The van der Waals surface area contributed by atoms with Gasteiger partial charge in [0.15, 0.2) is 6.29 Å². The number of methoxy groups -OCH3 is 2. The third-order valence-electron chi connectivity index (χ3n) is 1.88. The molecule has 0 aliphatic heterocycles. The average Bonchev–Trinajstić information content (AvgIpc) is 2.27. The van der Waals surface area contributed by atoms with Crippen LogP contribution in [0.4, 0.5) is 0 Å². The lowest BCUT2D eigenvalue weighted by Crippen LogP contribution is -2.03. The van der Waals surface area contributed by atoms with Gasteiger partial charge in [0.05, 0.1) is 19.8 Å². The topological polar surface area (TPSA) is 72.8 Å². The van der Waals surface area contributed by atoms with Gasteiger partial charge in [-0.1, -0.05) is 0 Å². The van der Waals surface area contributed by atoms with Gasteiger partial charge in [-0.15, -0.1) is 0 Å². The number of aromatic hydroxyl groups is 1. The van der Waals surface area contributed by atoms with Crippen molar-refractivity contribution in [3.63, 3.8) is 0 Å². The minimum absolute atomic E-state index is 0.0691. The molecule has 0 radical (unpaired) electrons. The zero-order valence-corrected chi connectivity index (χ0v) is 8.31. The Morgan fingerprint density at radius 2 is 2.07 bits per heavy atom. The normalized spacial score (nSPS) is 9.47. The van der Waals surface area contributed by atoms with E-state index in [2.05, 4.69) is 4.74 Å². The highest BCUT2D eigenvalue weighted by atomic mass is 16.5. The van der Waals surface area contributed by atoms with Crippen molar-refractivity contribution in [1.82, 2.24) is 0 Å². The molecule has 0 heterocycles. The third kappa shape index (κ3) is 2.07. The minimum Gasteiger partial charge on any atom is -0.507 e. The highest BCUT2D eigenvalue weighted by molar-refractivity contribution is 5.95. The Labute approximate surface area is 86.2 Å². The van der Waals surface area contributed by atoms with Crippen molar-refractivity contribution in [2.24, 2.45) is 0 Å². The highest BCUT2D eigenvalue weighted by Gasteiger charge is 2.15. The SMILES string of the molecule is COC(=O)c1cc(C=O)c(OC)cc1O. The number of carbonyl (C=O) groups is 2. The fraction of sp³-hybridized carbons (Fsp3) is 0.200. The Balaban J connectivity index is 3.31. The van der Waals surface area contributed by atoms with E-state index >= 15 is 0 Å². The largest absolute Gasteiger partial charge is 0.507 e. The summed E-state index contributed by atoms with van der Waals surface area (Å²) in [4.78, 5) is 21.8. The molecule has 0 saturated carbocycles. The van der Waals surface area contributed by atoms with Crippen LogP contribution in [-0.4, -0.2) is 31.6 Å². The van der Waals surface area contributed by atoms with Gasteiger partial charge in [-0.25, -0.2) is 4.79 Å². The van der Waals surface area contributed by atoms with E-state index in [1.807, 2.05) is 0 Å². The summed E-state index contributed by atoms with van der Waals surface area (Å²) in [5, 5.41) is 9.45. The Hall–Kier alpha value is -2.04. The van der Waals surface area contributed by atoms with Gasteiger partial charge in [0.25, 0.3) is 0 Å². The summed E-state index contributed by atoms with van der Waals surface area (Å²) in [5.74, 6) is -0.794. The van der Waals surface area contributed by atoms with Gasteiger partial charge in [-0.05, 0) is 6.07 Å². The summed E-state index contributed by atoms with van der Waals surface area (Å²) in [6.07, 6.45) is 0.532. The van der Waals surface area contributed by atoms with E-state index in [0.717, 1.165) is 0 Å². The summed E-state index contributed by atoms with van der Waals surface area (Å²) in [7, 11) is 2.55. The van der Waals surface area contributed by atoms with Crippen LogP contribution in [0.15, 0.2) is 12.1 Å². The van der Waals surface area contributed by atoms with Crippen LogP contribution in [0.25, 0.3) is 0 Å². The molecule has 15 heavy (non-hydrogen) atoms. The minimum atomic E-state index is -0.710. The lowest BCUT2D eigenvalue weighted by molar-refractivity contribution is 0.0597. The van der Waals surface area contributed by atoms with Gasteiger partial charge in [0.1, 0.15) is 17.1 Å². The Bertz CT molecular complexity index is 397. The molecule has 1 aromatic carbocycles. The van der Waals surface area contributed by atoms with Crippen LogP contribution in [0.5, 0.6) is 11.5 Å². The fourth-order valence-corrected chi connectivity index (χ4v) is 1.13. The number of hydrogen-bond acceptors (Lipinski definition) is 5. The van der Waals surface area contributed by atoms with E-state index < -0.39 is 5.97 Å². The van der Waals surface area contributed by atoms with E-state index in [-0.39, 0.29) is 22.6 Å². The average molecular weight is 210 g/mol. The maximum Gasteiger partial charge on any atom is 0.341 e. The first-order chi connectivity index (χ1) is 7.13. The van der Waals surface area contributed by atoms with Crippen LogP contribution in [-0.2, 0) is 4.74 Å². The van der Waals surface area contributed by atoms with E-state index in [4.69, 9.17) is 4.74 Å². The molecule has 5 heteroatoms. The molecular weight excluding hydrogens is 200 g/mol. The first kappa shape index (κ1) is 11.0. The van der Waals surface area contributed by atoms with Gasteiger partial charge >= 0.3 is 5.97 Å². The van der Waals surface area contributed by atoms with Crippen LogP contribution in [0.3, 0.4) is 0 Å². The molecule has 0 aliphatic rings. The van der Waals surface area contributed by atoms with Crippen LogP contribution >= 0.6 is 0 Å². The second kappa shape index (κ2) is 4.45. The number of rotatable bonds is 3. The molecule has 0 unspecified atom stereocenters. The lowest BCUT2D eigenvalue weighted by Gasteiger charge is -2.07. The number of carbonyl (C=O) groups excluding carboxylic acids is 2. The number of esters is 1. The molecule has 0 saturated heterocycles. The van der Waals surface area contributed by atoms with Crippen molar-refractivity contribution in [3.8, 4) is 11.5 Å². The molecule has 0 bridgehead atoms. The van der Waals surface area contributed by atoms with Gasteiger partial charge < -0.3 is 14.6 Å². The Morgan fingerprint density at radius 1 is 1.40 bits per heavy atom. The maximum absolute atomic E-state index is 11.2. The predicted molar refractivity (Wildman–Crippen MR) is 51.4 cm³/mol. The zero-order valence-electron chi connectivity index (χ0n) is 8.31. The number of phenolic OH excluding ortho intramolecular Hbond substituents is 1. The molecule has 1 aromatic rings. The Kier molecular flexibility index (Phi) is 3.28. The van der Waals surface area contributed by atoms with E-state index in [9.17, 15) is 14.7 Å². The highest BCUT2D eigenvalue weighted by Crippen LogP contribution is 2.27. The van der Waals surface area contributed by atoms with E-state index in [0.29, 0.717) is 6.29 Å². The van der Waals surface area contributed by atoms with E-state index in [1.54, 1.807) is 0 Å². The fourth-order valence-electron chi connectivity index (χ4n) is 1.13. The molecule has 80 valence electrons. The molecule has 0 fully saturated rings. The molecule has 0 amide bonds. The molecular formula is C10H10O5. The summed E-state index contributed by atoms with van der Waals surface area (Å²) < 4.78 is 9.28. The molecule has 1 rings (SSSR count). The standard InChI is InChI=1S/C10H10O5/c1-14-9-4-8(12)7(10(13)15-2)3-6(9)5-11/h3-5,12H,1-2H3. The van der Waals surface area contributed by atoms with Gasteiger partial charge in [-0.2, -0.15) is 0 Å². The molecule has 0 aliphatic carbocycles. The quantitative estimate of drug-likeness (QED) is 0.595. The second-order valence-corrected chi connectivity index (χ2v) is 2.72. The van der Waals surface area contributed by atoms with Crippen molar-refractivity contribution in [2.75, 3.05) is 14.2 Å². The number of benzene rings is 1. The van der Waals surface area contributed by atoms with Crippen LogP contribution < -0.4 is 4.74 Å². The third-order valence-corrected chi connectivity index (χ3v) is 1.88. The summed E-state index contributed by atoms with van der Waals surface area (Å²) in [5.41, 5.74) is 0.108. The van der Waals surface area contributed by atoms with Gasteiger partial charge in [0.2, 0.25) is 0 Å². The Morgan fingerprint density at radius 3 is 2.53 bits per heavy atom. The number of phenols is 1. The first-order valence-corrected chi connectivity index (χ1v) is 4.08. The second-order valence-electron chi connectivity index (χ2n) is 2.72. The van der Waals surface area contributed by atoms with Crippen LogP contribution in [0.2, 0.25) is 0 Å². The molecule has 1 N–H and O–H groups in total. The molecule has 5 nitrogen and oxygen atoms in total. The zero-order chi connectivity index (χ0) is 11.4. The predicted octanol–water partition coefficient (Wildman–Crippen LogP) is 1.000. The first-order valence-electron chi connectivity index (χ1n) is 4.08. The molecule has 0 spiro atoms. The van der Waals surface area contributed by atoms with Crippen molar-refractivity contribution >= 4 is 12.3 Å². The van der Waals surface area contributed by atoms with Crippen molar-refractivity contribution < 1.29 is 24.2 Å². The summed E-state index contributed by atoms with van der Waals surface area (Å²) in [6.45, 7) is 0.